The molecule has 1 aromatic rings. The van der Waals surface area contributed by atoms with Gasteiger partial charge in [0.2, 0.25) is 0 Å². The van der Waals surface area contributed by atoms with Gasteiger partial charge in [-0.1, -0.05) is 29.8 Å². The van der Waals surface area contributed by atoms with Crippen molar-refractivity contribution in [1.29, 1.82) is 0 Å². The molecular formula is C12H17BrN2O2. The molecule has 0 heterocycles. The Balaban J connectivity index is 2.62. The molecule has 0 bridgehead atoms. The second kappa shape index (κ2) is 6.61. The highest BCUT2D eigenvalue weighted by Gasteiger charge is 2.09. The standard InChI is InChI=1S/C12H17BrN2O2/c1-8(2)15-5-6-17-11-7-9(13)3-4-10(11)12(14)16/h3-4,7-8,15H,5-6H2,1-2H3,(H2,14,16). The van der Waals surface area contributed by atoms with E-state index in [0.29, 0.717) is 24.0 Å². The highest BCUT2D eigenvalue weighted by Crippen LogP contribution is 2.23. The molecule has 3 N–H and O–H groups in total. The third-order valence-electron chi connectivity index (χ3n) is 2.12. The maximum atomic E-state index is 11.2. The summed E-state index contributed by atoms with van der Waals surface area (Å²) in [5.41, 5.74) is 5.67. The van der Waals surface area contributed by atoms with Gasteiger partial charge in [-0.3, -0.25) is 4.79 Å². The number of carbonyl (C=O) groups is 1. The molecule has 0 aliphatic heterocycles. The Morgan fingerprint density at radius 2 is 2.24 bits per heavy atom. The summed E-state index contributed by atoms with van der Waals surface area (Å²) >= 11 is 3.33. The van der Waals surface area contributed by atoms with Crippen molar-refractivity contribution >= 4 is 21.8 Å². The first-order chi connectivity index (χ1) is 8.00. The summed E-state index contributed by atoms with van der Waals surface area (Å²) in [5, 5.41) is 3.23. The van der Waals surface area contributed by atoms with Gasteiger partial charge in [0.25, 0.3) is 5.91 Å². The van der Waals surface area contributed by atoms with Gasteiger partial charge in [-0.15, -0.1) is 0 Å². The van der Waals surface area contributed by atoms with Crippen LogP contribution in [0.25, 0.3) is 0 Å². The number of rotatable bonds is 6. The number of primary amides is 1. The minimum atomic E-state index is -0.482. The number of nitrogens with one attached hydrogen (secondary N) is 1. The number of nitrogens with two attached hydrogens (primary N) is 1. The van der Waals surface area contributed by atoms with Crippen molar-refractivity contribution in [2.75, 3.05) is 13.2 Å². The zero-order valence-electron chi connectivity index (χ0n) is 10.00. The molecule has 1 rings (SSSR count). The molecule has 0 spiro atoms. The normalized spacial score (nSPS) is 10.6. The Morgan fingerprint density at radius 1 is 1.53 bits per heavy atom. The predicted molar refractivity (Wildman–Crippen MR) is 71.3 cm³/mol. The minimum absolute atomic E-state index is 0.401. The molecule has 0 atom stereocenters. The lowest BCUT2D eigenvalue weighted by molar-refractivity contribution is 0.0996. The van der Waals surface area contributed by atoms with Crippen LogP contribution in [0.4, 0.5) is 0 Å². The van der Waals surface area contributed by atoms with Gasteiger partial charge >= 0.3 is 0 Å². The first kappa shape index (κ1) is 14.0. The molecule has 0 saturated carbocycles. The molecule has 0 aliphatic rings. The molecule has 1 aromatic carbocycles. The van der Waals surface area contributed by atoms with Gasteiger partial charge in [0.15, 0.2) is 0 Å². The molecular weight excluding hydrogens is 284 g/mol. The van der Waals surface area contributed by atoms with Gasteiger partial charge in [-0.2, -0.15) is 0 Å². The molecule has 4 nitrogen and oxygen atoms in total. The van der Waals surface area contributed by atoms with Gasteiger partial charge in [0.05, 0.1) is 5.56 Å². The number of hydrogen-bond donors (Lipinski definition) is 2. The van der Waals surface area contributed by atoms with Crippen molar-refractivity contribution in [2.45, 2.75) is 19.9 Å². The summed E-state index contributed by atoms with van der Waals surface area (Å²) in [5.74, 6) is 0.0294. The first-order valence-corrected chi connectivity index (χ1v) is 6.25. The molecule has 0 aliphatic carbocycles. The zero-order valence-corrected chi connectivity index (χ0v) is 11.6. The molecule has 0 saturated heterocycles. The van der Waals surface area contributed by atoms with E-state index in [4.69, 9.17) is 10.5 Å². The van der Waals surface area contributed by atoms with Gasteiger partial charge in [-0.25, -0.2) is 0 Å². The maximum absolute atomic E-state index is 11.2. The molecule has 1 amide bonds. The van der Waals surface area contributed by atoms with E-state index in [-0.39, 0.29) is 0 Å². The number of ether oxygens (including phenoxy) is 1. The number of hydrogen-bond acceptors (Lipinski definition) is 3. The Kier molecular flexibility index (Phi) is 5.44. The van der Waals surface area contributed by atoms with E-state index in [1.807, 2.05) is 0 Å². The fraction of sp³-hybridized carbons (Fsp3) is 0.417. The van der Waals surface area contributed by atoms with Gasteiger partial charge in [0, 0.05) is 17.1 Å². The monoisotopic (exact) mass is 300 g/mol. The summed E-state index contributed by atoms with van der Waals surface area (Å²) in [4.78, 5) is 11.2. The van der Waals surface area contributed by atoms with E-state index >= 15 is 0 Å². The number of benzene rings is 1. The lowest BCUT2D eigenvalue weighted by Gasteiger charge is -2.12. The fourth-order valence-corrected chi connectivity index (χ4v) is 1.67. The lowest BCUT2D eigenvalue weighted by Crippen LogP contribution is -2.27. The number of carbonyl (C=O) groups excluding carboxylic acids is 1. The Bertz CT molecular complexity index is 394. The summed E-state index contributed by atoms with van der Waals surface area (Å²) in [7, 11) is 0. The summed E-state index contributed by atoms with van der Waals surface area (Å²) in [6.07, 6.45) is 0. The SMILES string of the molecule is CC(C)NCCOc1cc(Br)ccc1C(N)=O. The van der Waals surface area contributed by atoms with E-state index in [0.717, 1.165) is 11.0 Å². The average molecular weight is 301 g/mol. The van der Waals surface area contributed by atoms with Gasteiger partial charge in [-0.05, 0) is 18.2 Å². The van der Waals surface area contributed by atoms with Crippen LogP contribution in [0.3, 0.4) is 0 Å². The second-order valence-corrected chi connectivity index (χ2v) is 4.88. The Labute approximate surface area is 110 Å². The van der Waals surface area contributed by atoms with Crippen molar-refractivity contribution in [2.24, 2.45) is 5.73 Å². The Hall–Kier alpha value is -1.07. The van der Waals surface area contributed by atoms with Crippen molar-refractivity contribution in [3.63, 3.8) is 0 Å². The maximum Gasteiger partial charge on any atom is 0.252 e. The molecule has 5 heteroatoms. The van der Waals surface area contributed by atoms with Crippen LogP contribution in [-0.2, 0) is 0 Å². The van der Waals surface area contributed by atoms with Crippen LogP contribution in [-0.4, -0.2) is 25.1 Å². The zero-order chi connectivity index (χ0) is 12.8. The molecule has 94 valence electrons. The molecule has 0 aromatic heterocycles. The van der Waals surface area contributed by atoms with Crippen LogP contribution >= 0.6 is 15.9 Å². The molecule has 0 radical (unpaired) electrons. The van der Waals surface area contributed by atoms with Crippen molar-refractivity contribution in [3.8, 4) is 5.75 Å². The molecule has 0 unspecified atom stereocenters. The second-order valence-electron chi connectivity index (χ2n) is 3.96. The largest absolute Gasteiger partial charge is 0.491 e. The van der Waals surface area contributed by atoms with E-state index in [1.54, 1.807) is 18.2 Å². The van der Waals surface area contributed by atoms with E-state index in [1.165, 1.54) is 0 Å². The third kappa shape index (κ3) is 4.75. The first-order valence-electron chi connectivity index (χ1n) is 5.46. The average Bonchev–Trinajstić information content (AvgIpc) is 2.23. The van der Waals surface area contributed by atoms with Crippen molar-refractivity contribution in [3.05, 3.63) is 28.2 Å². The molecule has 17 heavy (non-hydrogen) atoms. The van der Waals surface area contributed by atoms with Crippen LogP contribution in [0.5, 0.6) is 5.75 Å². The van der Waals surface area contributed by atoms with Crippen molar-refractivity contribution in [1.82, 2.24) is 5.32 Å². The van der Waals surface area contributed by atoms with E-state index in [2.05, 4.69) is 35.1 Å². The van der Waals surface area contributed by atoms with Crippen molar-refractivity contribution < 1.29 is 9.53 Å². The minimum Gasteiger partial charge on any atom is -0.491 e. The van der Waals surface area contributed by atoms with E-state index in [9.17, 15) is 4.79 Å². The topological polar surface area (TPSA) is 64.3 Å². The summed E-state index contributed by atoms with van der Waals surface area (Å²) in [6.45, 7) is 5.35. The van der Waals surface area contributed by atoms with Crippen LogP contribution in [0.2, 0.25) is 0 Å². The summed E-state index contributed by atoms with van der Waals surface area (Å²) < 4.78 is 6.39. The number of amides is 1. The van der Waals surface area contributed by atoms with Crippen LogP contribution in [0.15, 0.2) is 22.7 Å². The van der Waals surface area contributed by atoms with Gasteiger partial charge < -0.3 is 15.8 Å². The highest BCUT2D eigenvalue weighted by molar-refractivity contribution is 9.10. The van der Waals surface area contributed by atoms with Gasteiger partial charge in [0.1, 0.15) is 12.4 Å². The van der Waals surface area contributed by atoms with E-state index < -0.39 is 5.91 Å². The lowest BCUT2D eigenvalue weighted by atomic mass is 10.2. The predicted octanol–water partition coefficient (Wildman–Crippen LogP) is 1.92. The van der Waals surface area contributed by atoms with Crippen LogP contribution in [0.1, 0.15) is 24.2 Å². The van der Waals surface area contributed by atoms with Crippen LogP contribution < -0.4 is 15.8 Å². The quantitative estimate of drug-likeness (QED) is 0.789. The van der Waals surface area contributed by atoms with Crippen LogP contribution in [0, 0.1) is 0 Å². The Morgan fingerprint density at radius 3 is 2.82 bits per heavy atom. The third-order valence-corrected chi connectivity index (χ3v) is 2.61. The highest BCUT2D eigenvalue weighted by atomic mass is 79.9. The summed E-state index contributed by atoms with van der Waals surface area (Å²) in [6, 6.07) is 5.57. The number of halogens is 1. The molecule has 0 fully saturated rings. The fourth-order valence-electron chi connectivity index (χ4n) is 1.33. The smallest absolute Gasteiger partial charge is 0.252 e.